The molecule has 1 fully saturated rings. The van der Waals surface area contributed by atoms with Crippen molar-refractivity contribution >= 4 is 6.09 Å². The van der Waals surface area contributed by atoms with Gasteiger partial charge in [0.05, 0.1) is 12.2 Å². The average molecular weight is 320 g/mol. The summed E-state index contributed by atoms with van der Waals surface area (Å²) >= 11 is 0. The van der Waals surface area contributed by atoms with Gasteiger partial charge in [-0.25, -0.2) is 9.18 Å². The first-order valence-corrected chi connectivity index (χ1v) is 7.59. The lowest BCUT2D eigenvalue weighted by Crippen LogP contribution is -2.35. The van der Waals surface area contributed by atoms with Crippen molar-refractivity contribution in [3.63, 3.8) is 0 Å². The molecule has 124 valence electrons. The van der Waals surface area contributed by atoms with Gasteiger partial charge >= 0.3 is 6.09 Å². The number of benzene rings is 1. The summed E-state index contributed by atoms with van der Waals surface area (Å²) in [5.74, 6) is -0.0229. The number of hydrogen-bond donors (Lipinski definition) is 0. The first-order valence-electron chi connectivity index (χ1n) is 7.59. The van der Waals surface area contributed by atoms with Crippen LogP contribution in [0.25, 0.3) is 0 Å². The van der Waals surface area contributed by atoms with Gasteiger partial charge < -0.3 is 14.4 Å². The van der Waals surface area contributed by atoms with E-state index in [9.17, 15) is 9.18 Å². The summed E-state index contributed by atoms with van der Waals surface area (Å²) in [7, 11) is 0. The molecule has 1 heterocycles. The molecule has 23 heavy (non-hydrogen) atoms. The molecule has 0 spiro atoms. The van der Waals surface area contributed by atoms with Crippen molar-refractivity contribution in [2.75, 3.05) is 19.7 Å². The fourth-order valence-corrected chi connectivity index (χ4v) is 2.35. The van der Waals surface area contributed by atoms with Crippen molar-refractivity contribution in [2.24, 2.45) is 5.92 Å². The number of carbonyl (C=O) groups is 1. The number of amides is 1. The molecule has 0 bridgehead atoms. The molecule has 0 N–H and O–H groups in total. The topological polar surface area (TPSA) is 62.6 Å². The van der Waals surface area contributed by atoms with Gasteiger partial charge in [0.2, 0.25) is 0 Å². The Morgan fingerprint density at radius 2 is 2.22 bits per heavy atom. The Kier molecular flexibility index (Phi) is 5.09. The van der Waals surface area contributed by atoms with Crippen molar-refractivity contribution < 1.29 is 18.7 Å². The first-order chi connectivity index (χ1) is 10.8. The minimum atomic E-state index is -0.591. The van der Waals surface area contributed by atoms with Crippen LogP contribution >= 0.6 is 0 Å². The molecule has 1 aromatic rings. The van der Waals surface area contributed by atoms with Crippen LogP contribution in [0, 0.1) is 23.1 Å². The Balaban J connectivity index is 1.83. The van der Waals surface area contributed by atoms with Crippen molar-refractivity contribution in [3.05, 3.63) is 29.6 Å². The minimum absolute atomic E-state index is 0.00526. The van der Waals surface area contributed by atoms with E-state index in [1.807, 2.05) is 20.8 Å². The summed E-state index contributed by atoms with van der Waals surface area (Å²) in [6.45, 7) is 7.09. The number of carbonyl (C=O) groups excluding carboxylic acids is 1. The lowest BCUT2D eigenvalue weighted by Gasteiger charge is -2.24. The average Bonchev–Trinajstić information content (AvgIpc) is 2.92. The van der Waals surface area contributed by atoms with Crippen molar-refractivity contribution in [1.82, 2.24) is 4.90 Å². The van der Waals surface area contributed by atoms with E-state index >= 15 is 0 Å². The summed E-state index contributed by atoms with van der Waals surface area (Å²) in [4.78, 5) is 13.6. The monoisotopic (exact) mass is 320 g/mol. The number of likely N-dealkylation sites (tertiary alicyclic amines) is 1. The highest BCUT2D eigenvalue weighted by atomic mass is 19.1. The fourth-order valence-electron chi connectivity index (χ4n) is 2.35. The van der Waals surface area contributed by atoms with E-state index in [0.717, 1.165) is 6.42 Å². The Bertz CT molecular complexity index is 619. The number of halogens is 1. The molecular formula is C17H21FN2O3. The molecule has 0 aliphatic carbocycles. The van der Waals surface area contributed by atoms with E-state index in [2.05, 4.69) is 0 Å². The van der Waals surface area contributed by atoms with E-state index < -0.39 is 11.4 Å². The molecule has 1 amide bonds. The van der Waals surface area contributed by atoms with Crippen LogP contribution in [0.15, 0.2) is 18.2 Å². The third-order valence-electron chi connectivity index (χ3n) is 3.48. The quantitative estimate of drug-likeness (QED) is 0.857. The molecule has 0 aromatic heterocycles. The lowest BCUT2D eigenvalue weighted by molar-refractivity contribution is 0.0285. The molecule has 5 nitrogen and oxygen atoms in total. The molecule has 1 aliphatic rings. The van der Waals surface area contributed by atoms with Gasteiger partial charge in [0.1, 0.15) is 23.2 Å². The van der Waals surface area contributed by atoms with Gasteiger partial charge in [0.15, 0.2) is 0 Å². The van der Waals surface area contributed by atoms with Crippen LogP contribution in [0.1, 0.15) is 32.8 Å². The fraction of sp³-hybridized carbons (Fsp3) is 0.529. The third-order valence-corrected chi connectivity index (χ3v) is 3.48. The van der Waals surface area contributed by atoms with Gasteiger partial charge in [0, 0.05) is 25.1 Å². The SMILES string of the molecule is CC(C)(C)OC(=O)N1CCC(COc2ccc(C#N)c(F)c2)C1. The minimum Gasteiger partial charge on any atom is -0.493 e. The second-order valence-electron chi connectivity index (χ2n) is 6.65. The maximum atomic E-state index is 13.5. The zero-order valence-corrected chi connectivity index (χ0v) is 13.6. The van der Waals surface area contributed by atoms with E-state index in [1.54, 1.807) is 17.0 Å². The van der Waals surface area contributed by atoms with Gasteiger partial charge in [-0.05, 0) is 39.3 Å². The zero-order valence-electron chi connectivity index (χ0n) is 13.6. The third kappa shape index (κ3) is 4.85. The highest BCUT2D eigenvalue weighted by Gasteiger charge is 2.30. The maximum absolute atomic E-state index is 13.5. The highest BCUT2D eigenvalue weighted by molar-refractivity contribution is 5.68. The molecule has 1 aliphatic heterocycles. The first kappa shape index (κ1) is 17.1. The normalized spacial score (nSPS) is 17.7. The molecule has 1 aromatic carbocycles. The van der Waals surface area contributed by atoms with Crippen LogP contribution in [0.4, 0.5) is 9.18 Å². The van der Waals surface area contributed by atoms with Crippen LogP contribution in [0.3, 0.4) is 0 Å². The Hall–Kier alpha value is -2.29. The smallest absolute Gasteiger partial charge is 0.410 e. The Morgan fingerprint density at radius 3 is 2.83 bits per heavy atom. The van der Waals surface area contributed by atoms with Gasteiger partial charge in [-0.1, -0.05) is 0 Å². The Labute approximate surface area is 135 Å². The van der Waals surface area contributed by atoms with Crippen LogP contribution in [0.2, 0.25) is 0 Å². The van der Waals surface area contributed by atoms with Crippen LogP contribution in [-0.2, 0) is 4.74 Å². The number of ether oxygens (including phenoxy) is 2. The van der Waals surface area contributed by atoms with Gasteiger partial charge in [0.25, 0.3) is 0 Å². The molecule has 2 rings (SSSR count). The largest absolute Gasteiger partial charge is 0.493 e. The summed E-state index contributed by atoms with van der Waals surface area (Å²) in [6, 6.07) is 5.94. The lowest BCUT2D eigenvalue weighted by atomic mass is 10.1. The number of nitriles is 1. The van der Waals surface area contributed by atoms with Crippen LogP contribution in [-0.4, -0.2) is 36.3 Å². The van der Waals surface area contributed by atoms with Crippen LogP contribution in [0.5, 0.6) is 5.75 Å². The van der Waals surface area contributed by atoms with Gasteiger partial charge in [-0.15, -0.1) is 0 Å². The van der Waals surface area contributed by atoms with Crippen LogP contribution < -0.4 is 4.74 Å². The molecule has 1 atom stereocenters. The van der Waals surface area contributed by atoms with E-state index in [1.165, 1.54) is 12.1 Å². The standard InChI is InChI=1S/C17H21FN2O3/c1-17(2,3)23-16(21)20-7-6-12(10-20)11-22-14-5-4-13(9-19)15(18)8-14/h4-5,8,12H,6-7,10-11H2,1-3H3. The highest BCUT2D eigenvalue weighted by Crippen LogP contribution is 2.22. The molecule has 0 radical (unpaired) electrons. The predicted octanol–water partition coefficient (Wildman–Crippen LogP) is 3.33. The summed E-state index contributed by atoms with van der Waals surface area (Å²) in [5, 5.41) is 8.69. The summed E-state index contributed by atoms with van der Waals surface area (Å²) in [5.41, 5.74) is -0.514. The number of nitrogens with zero attached hydrogens (tertiary/aromatic N) is 2. The summed E-state index contributed by atoms with van der Waals surface area (Å²) in [6.07, 6.45) is 0.502. The number of rotatable bonds is 3. The molecule has 6 heteroatoms. The molecular weight excluding hydrogens is 299 g/mol. The second kappa shape index (κ2) is 6.86. The predicted molar refractivity (Wildman–Crippen MR) is 82.5 cm³/mol. The number of hydrogen-bond acceptors (Lipinski definition) is 4. The van der Waals surface area contributed by atoms with Gasteiger partial charge in [-0.2, -0.15) is 5.26 Å². The van der Waals surface area contributed by atoms with Crippen molar-refractivity contribution in [3.8, 4) is 11.8 Å². The summed E-state index contributed by atoms with van der Waals surface area (Å²) < 4.78 is 24.4. The van der Waals surface area contributed by atoms with E-state index in [-0.39, 0.29) is 17.6 Å². The Morgan fingerprint density at radius 1 is 1.48 bits per heavy atom. The van der Waals surface area contributed by atoms with Gasteiger partial charge in [-0.3, -0.25) is 0 Å². The second-order valence-corrected chi connectivity index (χ2v) is 6.65. The zero-order chi connectivity index (χ0) is 17.0. The van der Waals surface area contributed by atoms with E-state index in [0.29, 0.717) is 25.4 Å². The van der Waals surface area contributed by atoms with E-state index in [4.69, 9.17) is 14.7 Å². The van der Waals surface area contributed by atoms with Crippen molar-refractivity contribution in [1.29, 1.82) is 5.26 Å². The van der Waals surface area contributed by atoms with Crippen molar-refractivity contribution in [2.45, 2.75) is 32.8 Å². The molecule has 0 saturated carbocycles. The molecule has 1 unspecified atom stereocenters. The molecule has 1 saturated heterocycles. The maximum Gasteiger partial charge on any atom is 0.410 e.